The number of sulfone groups is 1. The van der Waals surface area contributed by atoms with Crippen LogP contribution >= 0.6 is 0 Å². The Morgan fingerprint density at radius 1 is 1.62 bits per heavy atom. The van der Waals surface area contributed by atoms with Gasteiger partial charge in [-0.3, -0.25) is 4.68 Å². The minimum atomic E-state index is -2.90. The number of hydrogen-bond donors (Lipinski definition) is 1. The van der Waals surface area contributed by atoms with Crippen LogP contribution in [0.5, 0.6) is 0 Å². The quantitative estimate of drug-likeness (QED) is 0.802. The Hall–Kier alpha value is -0.880. The fourth-order valence-corrected chi connectivity index (χ4v) is 4.19. The molecule has 0 saturated carbocycles. The van der Waals surface area contributed by atoms with Crippen molar-refractivity contribution in [1.29, 1.82) is 0 Å². The summed E-state index contributed by atoms with van der Waals surface area (Å²) in [7, 11) is -1.02. The third-order valence-electron chi connectivity index (χ3n) is 3.22. The molecule has 1 aromatic heterocycles. The van der Waals surface area contributed by atoms with E-state index >= 15 is 0 Å². The number of nitrogens with zero attached hydrogens (tertiary/aromatic N) is 2. The van der Waals surface area contributed by atoms with Crippen LogP contribution in [0.3, 0.4) is 0 Å². The van der Waals surface area contributed by atoms with Crippen LogP contribution < -0.4 is 5.73 Å². The first-order valence-electron chi connectivity index (χ1n) is 5.36. The van der Waals surface area contributed by atoms with E-state index in [1.807, 2.05) is 13.1 Å². The van der Waals surface area contributed by atoms with E-state index in [1.165, 1.54) is 0 Å². The van der Waals surface area contributed by atoms with Gasteiger partial charge in [-0.25, -0.2) is 8.42 Å². The van der Waals surface area contributed by atoms with Crippen molar-refractivity contribution in [3.8, 4) is 0 Å². The third kappa shape index (κ3) is 2.44. The fourth-order valence-electron chi connectivity index (χ4n) is 2.16. The summed E-state index contributed by atoms with van der Waals surface area (Å²) in [6.07, 6.45) is 3.80. The molecule has 1 saturated heterocycles. The van der Waals surface area contributed by atoms with Crippen molar-refractivity contribution in [3.63, 3.8) is 0 Å². The van der Waals surface area contributed by atoms with Crippen molar-refractivity contribution >= 4 is 9.84 Å². The summed E-state index contributed by atoms with van der Waals surface area (Å²) < 4.78 is 24.6. The Labute approximate surface area is 95.6 Å². The van der Waals surface area contributed by atoms with Gasteiger partial charge in [0.05, 0.1) is 11.5 Å². The second kappa shape index (κ2) is 3.85. The monoisotopic (exact) mass is 243 g/mol. The van der Waals surface area contributed by atoms with Crippen molar-refractivity contribution in [3.05, 3.63) is 18.0 Å². The highest BCUT2D eigenvalue weighted by Gasteiger charge is 2.38. The maximum atomic E-state index is 11.4. The van der Waals surface area contributed by atoms with Crippen LogP contribution in [0, 0.1) is 0 Å². The van der Waals surface area contributed by atoms with Crippen molar-refractivity contribution in [2.75, 3.05) is 11.5 Å². The van der Waals surface area contributed by atoms with Crippen LogP contribution in [0.25, 0.3) is 0 Å². The topological polar surface area (TPSA) is 78.0 Å². The van der Waals surface area contributed by atoms with E-state index in [2.05, 4.69) is 5.10 Å². The molecule has 2 N–H and O–H groups in total. The molecule has 1 aliphatic rings. The van der Waals surface area contributed by atoms with Gasteiger partial charge in [-0.1, -0.05) is 0 Å². The first-order chi connectivity index (χ1) is 7.40. The molecule has 1 aromatic rings. The molecule has 6 heteroatoms. The highest BCUT2D eigenvalue weighted by Crippen LogP contribution is 2.25. The molecule has 5 nitrogen and oxygen atoms in total. The molecule has 0 aliphatic carbocycles. The van der Waals surface area contributed by atoms with Crippen molar-refractivity contribution in [2.24, 2.45) is 12.8 Å². The Morgan fingerprint density at radius 2 is 2.38 bits per heavy atom. The highest BCUT2D eigenvalue weighted by molar-refractivity contribution is 7.91. The molecule has 2 heterocycles. The summed E-state index contributed by atoms with van der Waals surface area (Å²) in [5.74, 6) is 0.354. The lowest BCUT2D eigenvalue weighted by atomic mass is 9.93. The smallest absolute Gasteiger partial charge is 0.152 e. The molecule has 0 radical (unpaired) electrons. The second-order valence-electron chi connectivity index (χ2n) is 4.65. The molecule has 1 fully saturated rings. The summed E-state index contributed by atoms with van der Waals surface area (Å²) in [5, 5.41) is 4.07. The summed E-state index contributed by atoms with van der Waals surface area (Å²) in [4.78, 5) is 0. The zero-order chi connectivity index (χ0) is 11.8. The van der Waals surface area contributed by atoms with E-state index in [4.69, 9.17) is 5.73 Å². The van der Waals surface area contributed by atoms with Crippen LogP contribution in [0.2, 0.25) is 0 Å². The highest BCUT2D eigenvalue weighted by atomic mass is 32.2. The standard InChI is InChI=1S/C10H17N3O2S/c1-13-9(3-6-12-13)2-4-10(11)5-7-16(14,15)8-10/h3,6H,2,4-5,7-8,11H2,1H3. The Balaban J connectivity index is 1.99. The van der Waals surface area contributed by atoms with Crippen LogP contribution in [-0.2, 0) is 23.3 Å². The Bertz CT molecular complexity index is 480. The van der Waals surface area contributed by atoms with Gasteiger partial charge in [-0.15, -0.1) is 0 Å². The molecule has 0 bridgehead atoms. The van der Waals surface area contributed by atoms with Crippen molar-refractivity contribution < 1.29 is 8.42 Å². The summed E-state index contributed by atoms with van der Waals surface area (Å²) in [5.41, 5.74) is 6.65. The lowest BCUT2D eigenvalue weighted by Gasteiger charge is -2.21. The largest absolute Gasteiger partial charge is 0.324 e. The zero-order valence-corrected chi connectivity index (χ0v) is 10.2. The molecule has 16 heavy (non-hydrogen) atoms. The SMILES string of the molecule is Cn1nccc1CCC1(N)CCS(=O)(=O)C1. The van der Waals surface area contributed by atoms with Crippen LogP contribution in [0.1, 0.15) is 18.5 Å². The van der Waals surface area contributed by atoms with Gasteiger partial charge in [0.15, 0.2) is 9.84 Å². The lowest BCUT2D eigenvalue weighted by molar-refractivity contribution is 0.436. The molecule has 1 aliphatic heterocycles. The maximum absolute atomic E-state index is 11.4. The zero-order valence-electron chi connectivity index (χ0n) is 9.39. The third-order valence-corrected chi connectivity index (χ3v) is 5.06. The van der Waals surface area contributed by atoms with Crippen LogP contribution in [0.4, 0.5) is 0 Å². The molecule has 0 spiro atoms. The van der Waals surface area contributed by atoms with E-state index in [0.717, 1.165) is 12.1 Å². The van der Waals surface area contributed by atoms with Crippen LogP contribution in [0.15, 0.2) is 12.3 Å². The Kier molecular flexibility index (Phi) is 2.79. The van der Waals surface area contributed by atoms with Crippen molar-refractivity contribution in [2.45, 2.75) is 24.8 Å². The summed E-state index contributed by atoms with van der Waals surface area (Å²) >= 11 is 0. The minimum absolute atomic E-state index is 0.123. The van der Waals surface area contributed by atoms with E-state index in [1.54, 1.807) is 10.9 Å². The predicted octanol–water partition coefficient (Wildman–Crippen LogP) is -0.131. The first kappa shape index (κ1) is 11.6. The normalized spacial score (nSPS) is 28.4. The van der Waals surface area contributed by atoms with E-state index in [9.17, 15) is 8.42 Å². The molecule has 1 unspecified atom stereocenters. The summed E-state index contributed by atoms with van der Waals surface area (Å²) in [6.45, 7) is 0. The van der Waals surface area contributed by atoms with Gasteiger partial charge < -0.3 is 5.73 Å². The second-order valence-corrected chi connectivity index (χ2v) is 6.83. The van der Waals surface area contributed by atoms with Gasteiger partial charge in [-0.05, 0) is 25.3 Å². The summed E-state index contributed by atoms with van der Waals surface area (Å²) in [6, 6.07) is 1.94. The van der Waals surface area contributed by atoms with Gasteiger partial charge in [-0.2, -0.15) is 5.10 Å². The van der Waals surface area contributed by atoms with Gasteiger partial charge in [0.2, 0.25) is 0 Å². The molecule has 90 valence electrons. The van der Waals surface area contributed by atoms with Gasteiger partial charge in [0, 0.05) is 24.5 Å². The predicted molar refractivity (Wildman–Crippen MR) is 61.7 cm³/mol. The Morgan fingerprint density at radius 3 is 2.88 bits per heavy atom. The lowest BCUT2D eigenvalue weighted by Crippen LogP contribution is -2.41. The van der Waals surface area contributed by atoms with Crippen LogP contribution in [-0.4, -0.2) is 35.2 Å². The number of aromatic nitrogens is 2. The first-order valence-corrected chi connectivity index (χ1v) is 7.19. The number of aryl methyl sites for hydroxylation is 2. The van der Waals surface area contributed by atoms with E-state index in [0.29, 0.717) is 12.8 Å². The van der Waals surface area contributed by atoms with Gasteiger partial charge in [0.1, 0.15) is 0 Å². The number of nitrogens with two attached hydrogens (primary N) is 1. The fraction of sp³-hybridized carbons (Fsp3) is 0.700. The number of hydrogen-bond acceptors (Lipinski definition) is 4. The molecular weight excluding hydrogens is 226 g/mol. The minimum Gasteiger partial charge on any atom is -0.324 e. The number of rotatable bonds is 3. The maximum Gasteiger partial charge on any atom is 0.152 e. The van der Waals surface area contributed by atoms with Gasteiger partial charge >= 0.3 is 0 Å². The van der Waals surface area contributed by atoms with E-state index < -0.39 is 15.4 Å². The average molecular weight is 243 g/mol. The molecule has 2 rings (SSSR count). The average Bonchev–Trinajstić information content (AvgIpc) is 2.69. The van der Waals surface area contributed by atoms with Crippen molar-refractivity contribution in [1.82, 2.24) is 9.78 Å². The molecule has 0 amide bonds. The molecule has 1 atom stereocenters. The molecule has 0 aromatic carbocycles. The van der Waals surface area contributed by atoms with Gasteiger partial charge in [0.25, 0.3) is 0 Å². The molecular formula is C10H17N3O2S. The van der Waals surface area contributed by atoms with E-state index in [-0.39, 0.29) is 11.5 Å².